The Labute approximate surface area is 95.8 Å². The fraction of sp³-hybridized carbons (Fsp3) is 0. The number of hydrogen-bond acceptors (Lipinski definition) is 4. The zero-order chi connectivity index (χ0) is 11.5. The number of halogens is 1. The molecule has 0 aliphatic heterocycles. The summed E-state index contributed by atoms with van der Waals surface area (Å²) >= 11 is 5.78. The maximum atomic E-state index is 11.8. The minimum Gasteiger partial charge on any atom is -0.397 e. The molecule has 0 radical (unpaired) electrons. The second-order valence-corrected chi connectivity index (χ2v) is 3.41. The molecular weight excluding hydrogens is 230 g/mol. The number of pyridine rings is 1. The minimum atomic E-state index is -0.383. The van der Waals surface area contributed by atoms with Crippen molar-refractivity contribution in [2.75, 3.05) is 11.1 Å². The van der Waals surface area contributed by atoms with Crippen molar-refractivity contribution in [1.29, 1.82) is 0 Å². The topological polar surface area (TPSA) is 96.7 Å². The van der Waals surface area contributed by atoms with Crippen LogP contribution in [0.1, 0.15) is 10.4 Å². The van der Waals surface area contributed by atoms with E-state index in [9.17, 15) is 4.79 Å². The van der Waals surface area contributed by atoms with Crippen LogP contribution >= 0.6 is 11.6 Å². The quantitative estimate of drug-likeness (QED) is 0.686. The maximum absolute atomic E-state index is 11.8. The number of H-pyrrole nitrogens is 1. The van der Waals surface area contributed by atoms with E-state index >= 15 is 0 Å². The normalized spacial score (nSPS) is 10.1. The number of nitrogens with two attached hydrogens (primary N) is 1. The molecule has 2 aromatic heterocycles. The van der Waals surface area contributed by atoms with Crippen LogP contribution < -0.4 is 11.1 Å². The van der Waals surface area contributed by atoms with Crippen LogP contribution in [-0.2, 0) is 0 Å². The molecular formula is C9H8ClN5O. The van der Waals surface area contributed by atoms with Crippen molar-refractivity contribution < 1.29 is 4.79 Å². The lowest BCUT2D eigenvalue weighted by Crippen LogP contribution is -2.13. The van der Waals surface area contributed by atoms with Gasteiger partial charge in [-0.2, -0.15) is 5.10 Å². The highest BCUT2D eigenvalue weighted by atomic mass is 35.5. The third-order valence-corrected chi connectivity index (χ3v) is 2.16. The molecule has 2 rings (SSSR count). The fourth-order valence-corrected chi connectivity index (χ4v) is 1.33. The molecule has 0 aliphatic rings. The highest BCUT2D eigenvalue weighted by molar-refractivity contribution is 6.33. The van der Waals surface area contributed by atoms with Gasteiger partial charge in [0.2, 0.25) is 0 Å². The first-order chi connectivity index (χ1) is 7.66. The van der Waals surface area contributed by atoms with Gasteiger partial charge in [-0.25, -0.2) is 4.98 Å². The Morgan fingerprint density at radius 3 is 3.00 bits per heavy atom. The van der Waals surface area contributed by atoms with Crippen molar-refractivity contribution >= 4 is 28.9 Å². The number of aromatic nitrogens is 3. The number of nitrogen functional groups attached to an aromatic ring is 1. The highest BCUT2D eigenvalue weighted by Gasteiger charge is 2.12. The molecule has 16 heavy (non-hydrogen) atoms. The molecule has 1 amide bonds. The van der Waals surface area contributed by atoms with Gasteiger partial charge in [0.25, 0.3) is 5.91 Å². The number of carbonyl (C=O) groups is 1. The van der Waals surface area contributed by atoms with E-state index in [1.807, 2.05) is 0 Å². The molecule has 0 atom stereocenters. The predicted molar refractivity (Wildman–Crippen MR) is 60.2 cm³/mol. The lowest BCUT2D eigenvalue weighted by molar-refractivity contribution is 0.102. The van der Waals surface area contributed by atoms with Crippen LogP contribution in [0.5, 0.6) is 0 Å². The molecule has 0 saturated carbocycles. The average Bonchev–Trinajstić information content (AvgIpc) is 2.74. The zero-order valence-corrected chi connectivity index (χ0v) is 8.82. The Hall–Kier alpha value is -2.08. The second-order valence-electron chi connectivity index (χ2n) is 3.05. The van der Waals surface area contributed by atoms with E-state index in [-0.39, 0.29) is 16.6 Å². The Morgan fingerprint density at radius 1 is 1.50 bits per heavy atom. The maximum Gasteiger partial charge on any atom is 0.258 e. The molecule has 0 bridgehead atoms. The third-order valence-electron chi connectivity index (χ3n) is 1.86. The number of nitrogens with one attached hydrogen (secondary N) is 2. The summed E-state index contributed by atoms with van der Waals surface area (Å²) in [6, 6.07) is 1.46. The fourth-order valence-electron chi connectivity index (χ4n) is 1.14. The molecule has 0 spiro atoms. The summed E-state index contributed by atoms with van der Waals surface area (Å²) in [7, 11) is 0. The molecule has 0 aromatic carbocycles. The molecule has 0 saturated heterocycles. The van der Waals surface area contributed by atoms with Crippen LogP contribution in [0.3, 0.4) is 0 Å². The molecule has 6 nitrogen and oxygen atoms in total. The van der Waals surface area contributed by atoms with Crippen LogP contribution in [0.15, 0.2) is 24.7 Å². The van der Waals surface area contributed by atoms with Gasteiger partial charge < -0.3 is 11.1 Å². The summed E-state index contributed by atoms with van der Waals surface area (Å²) in [5.74, 6) is -0.383. The van der Waals surface area contributed by atoms with Gasteiger partial charge in [0.15, 0.2) is 0 Å². The number of aromatic amines is 1. The number of carbonyl (C=O) groups excluding carboxylic acids is 1. The van der Waals surface area contributed by atoms with Crippen molar-refractivity contribution in [3.8, 4) is 0 Å². The van der Waals surface area contributed by atoms with Crippen molar-refractivity contribution in [3.63, 3.8) is 0 Å². The average molecular weight is 238 g/mol. The van der Waals surface area contributed by atoms with Gasteiger partial charge in [-0.1, -0.05) is 11.6 Å². The van der Waals surface area contributed by atoms with E-state index in [1.54, 1.807) is 6.20 Å². The number of amides is 1. The summed E-state index contributed by atoms with van der Waals surface area (Å²) in [5, 5.41) is 8.97. The second kappa shape index (κ2) is 4.19. The number of hydrogen-bond donors (Lipinski definition) is 3. The first-order valence-electron chi connectivity index (χ1n) is 4.38. The first kappa shape index (κ1) is 10.4. The van der Waals surface area contributed by atoms with E-state index in [0.717, 1.165) is 0 Å². The van der Waals surface area contributed by atoms with Crippen LogP contribution in [0.25, 0.3) is 0 Å². The van der Waals surface area contributed by atoms with Gasteiger partial charge in [0, 0.05) is 6.20 Å². The van der Waals surface area contributed by atoms with Crippen LogP contribution in [0.4, 0.5) is 11.4 Å². The SMILES string of the molecule is Nc1cnc(Cl)c(C(=O)Nc2cn[nH]c2)c1. The Bertz CT molecular complexity index is 511. The van der Waals surface area contributed by atoms with E-state index in [0.29, 0.717) is 11.4 Å². The molecule has 4 N–H and O–H groups in total. The molecule has 82 valence electrons. The van der Waals surface area contributed by atoms with Crippen molar-refractivity contribution in [2.24, 2.45) is 0 Å². The van der Waals surface area contributed by atoms with Gasteiger partial charge in [0.05, 0.1) is 29.3 Å². The number of rotatable bonds is 2. The number of anilines is 2. The molecule has 2 aromatic rings. The van der Waals surface area contributed by atoms with Gasteiger partial charge >= 0.3 is 0 Å². The zero-order valence-electron chi connectivity index (χ0n) is 8.07. The van der Waals surface area contributed by atoms with Crippen LogP contribution in [-0.4, -0.2) is 21.1 Å². The van der Waals surface area contributed by atoms with Gasteiger partial charge in [-0.3, -0.25) is 9.89 Å². The molecule has 2 heterocycles. The largest absolute Gasteiger partial charge is 0.397 e. The Kier molecular flexibility index (Phi) is 2.74. The molecule has 7 heteroatoms. The predicted octanol–water partition coefficient (Wildman–Crippen LogP) is 1.29. The Balaban J connectivity index is 2.24. The molecule has 0 unspecified atom stereocenters. The van der Waals surface area contributed by atoms with E-state index in [4.69, 9.17) is 17.3 Å². The lowest BCUT2D eigenvalue weighted by Gasteiger charge is -2.04. The van der Waals surface area contributed by atoms with Crippen molar-refractivity contribution in [1.82, 2.24) is 15.2 Å². The first-order valence-corrected chi connectivity index (χ1v) is 4.76. The highest BCUT2D eigenvalue weighted by Crippen LogP contribution is 2.17. The Morgan fingerprint density at radius 2 is 2.31 bits per heavy atom. The van der Waals surface area contributed by atoms with Gasteiger partial charge in [-0.15, -0.1) is 0 Å². The van der Waals surface area contributed by atoms with E-state index in [2.05, 4.69) is 20.5 Å². The number of nitrogens with zero attached hydrogens (tertiary/aromatic N) is 2. The van der Waals surface area contributed by atoms with Crippen LogP contribution in [0, 0.1) is 0 Å². The minimum absolute atomic E-state index is 0.107. The molecule has 0 aliphatic carbocycles. The standard InChI is InChI=1S/C9H8ClN5O/c10-8-7(1-5(11)2-12-8)9(16)15-6-3-13-14-4-6/h1-4H,11H2,(H,13,14)(H,15,16). The van der Waals surface area contributed by atoms with Gasteiger partial charge in [-0.05, 0) is 6.07 Å². The summed E-state index contributed by atoms with van der Waals surface area (Å²) in [5.41, 5.74) is 6.67. The third kappa shape index (κ3) is 2.12. The summed E-state index contributed by atoms with van der Waals surface area (Å²) < 4.78 is 0. The summed E-state index contributed by atoms with van der Waals surface area (Å²) in [6.07, 6.45) is 4.41. The monoisotopic (exact) mass is 237 g/mol. The van der Waals surface area contributed by atoms with Gasteiger partial charge in [0.1, 0.15) is 5.15 Å². The van der Waals surface area contributed by atoms with Crippen molar-refractivity contribution in [3.05, 3.63) is 35.4 Å². The molecule has 0 fully saturated rings. The smallest absolute Gasteiger partial charge is 0.258 e. The summed E-state index contributed by atoms with van der Waals surface area (Å²) in [4.78, 5) is 15.5. The van der Waals surface area contributed by atoms with E-state index < -0.39 is 0 Å². The van der Waals surface area contributed by atoms with Crippen molar-refractivity contribution in [2.45, 2.75) is 0 Å². The lowest BCUT2D eigenvalue weighted by atomic mass is 10.2. The van der Waals surface area contributed by atoms with E-state index in [1.165, 1.54) is 18.5 Å². The summed E-state index contributed by atoms with van der Waals surface area (Å²) in [6.45, 7) is 0. The van der Waals surface area contributed by atoms with Crippen LogP contribution in [0.2, 0.25) is 5.15 Å².